The third-order valence-corrected chi connectivity index (χ3v) is 3.39. The van der Waals surface area contributed by atoms with Gasteiger partial charge in [-0.15, -0.1) is 23.2 Å². The van der Waals surface area contributed by atoms with Gasteiger partial charge in [0.05, 0.1) is 0 Å². The molecule has 1 unspecified atom stereocenters. The van der Waals surface area contributed by atoms with E-state index in [-0.39, 0.29) is 5.92 Å². The van der Waals surface area contributed by atoms with E-state index in [9.17, 15) is 0 Å². The highest BCUT2D eigenvalue weighted by Gasteiger charge is 2.53. The average Bonchev–Trinajstić information content (AvgIpc) is 2.59. The monoisotopic (exact) mass is 235 g/mol. The van der Waals surface area contributed by atoms with Gasteiger partial charge in [0.25, 0.3) is 0 Å². The molecule has 0 amide bonds. The number of alkyl halides is 2. The molecule has 13 heavy (non-hydrogen) atoms. The fourth-order valence-corrected chi connectivity index (χ4v) is 2.24. The fraction of sp³-hybridized carbons (Fsp3) is 0.333. The largest absolute Gasteiger partial charge is 0.399 e. The Morgan fingerprint density at radius 2 is 2.00 bits per heavy atom. The Morgan fingerprint density at radius 1 is 1.38 bits per heavy atom. The van der Waals surface area contributed by atoms with Crippen LogP contribution < -0.4 is 5.73 Å². The van der Waals surface area contributed by atoms with Gasteiger partial charge in [-0.05, 0) is 24.1 Å². The maximum absolute atomic E-state index is 5.99. The van der Waals surface area contributed by atoms with Gasteiger partial charge in [0.2, 0.25) is 0 Å². The second kappa shape index (κ2) is 2.94. The maximum Gasteiger partial charge on any atom is 0.126 e. The summed E-state index contributed by atoms with van der Waals surface area (Å²) in [6.45, 7) is 0. The molecule has 1 nitrogen and oxygen atoms in total. The zero-order valence-corrected chi connectivity index (χ0v) is 9.00. The van der Waals surface area contributed by atoms with E-state index in [0.717, 1.165) is 12.0 Å². The Morgan fingerprint density at radius 3 is 2.46 bits per heavy atom. The third-order valence-electron chi connectivity index (χ3n) is 2.23. The van der Waals surface area contributed by atoms with Gasteiger partial charge in [-0.25, -0.2) is 0 Å². The Bertz CT molecular complexity index is 349. The first-order valence-corrected chi connectivity index (χ1v) is 5.07. The molecule has 1 aromatic rings. The van der Waals surface area contributed by atoms with Gasteiger partial charge in [-0.3, -0.25) is 0 Å². The van der Waals surface area contributed by atoms with Crippen LogP contribution in [-0.2, 0) is 0 Å². The van der Waals surface area contributed by atoms with Crippen LogP contribution in [0.2, 0.25) is 5.02 Å². The molecule has 0 spiro atoms. The van der Waals surface area contributed by atoms with Gasteiger partial charge in [-0.2, -0.15) is 0 Å². The van der Waals surface area contributed by atoms with Gasteiger partial charge < -0.3 is 5.73 Å². The summed E-state index contributed by atoms with van der Waals surface area (Å²) in [6, 6.07) is 5.41. The highest BCUT2D eigenvalue weighted by Crippen LogP contribution is 2.60. The molecule has 1 fully saturated rings. The van der Waals surface area contributed by atoms with Gasteiger partial charge in [0.1, 0.15) is 4.33 Å². The van der Waals surface area contributed by atoms with Crippen LogP contribution in [0.1, 0.15) is 17.9 Å². The molecule has 1 aromatic carbocycles. The first-order chi connectivity index (χ1) is 6.00. The summed E-state index contributed by atoms with van der Waals surface area (Å²) in [5.74, 6) is 0.156. The van der Waals surface area contributed by atoms with Crippen molar-refractivity contribution in [3.05, 3.63) is 28.8 Å². The lowest BCUT2D eigenvalue weighted by Gasteiger charge is -2.04. The summed E-state index contributed by atoms with van der Waals surface area (Å²) >= 11 is 17.9. The van der Waals surface area contributed by atoms with Gasteiger partial charge >= 0.3 is 0 Å². The van der Waals surface area contributed by atoms with Crippen molar-refractivity contribution in [1.29, 1.82) is 0 Å². The lowest BCUT2D eigenvalue weighted by molar-refractivity contribution is 1.11. The van der Waals surface area contributed by atoms with Crippen LogP contribution in [0.15, 0.2) is 18.2 Å². The number of nitrogens with two attached hydrogens (primary N) is 1. The van der Waals surface area contributed by atoms with E-state index in [4.69, 9.17) is 40.5 Å². The number of benzene rings is 1. The maximum atomic E-state index is 5.99. The first kappa shape index (κ1) is 9.45. The van der Waals surface area contributed by atoms with E-state index >= 15 is 0 Å². The lowest BCUT2D eigenvalue weighted by atomic mass is 10.1. The zero-order chi connectivity index (χ0) is 9.64. The minimum Gasteiger partial charge on any atom is -0.399 e. The summed E-state index contributed by atoms with van der Waals surface area (Å²) in [5.41, 5.74) is 7.21. The minimum absolute atomic E-state index is 0.156. The SMILES string of the molecule is Nc1ccc(C2CC2(Cl)Cl)c(Cl)c1. The smallest absolute Gasteiger partial charge is 0.126 e. The number of nitrogen functional groups attached to an aromatic ring is 1. The fourth-order valence-electron chi connectivity index (χ4n) is 1.38. The lowest BCUT2D eigenvalue weighted by Crippen LogP contribution is -1.92. The second-order valence-corrected chi connectivity index (χ2v) is 5.25. The third kappa shape index (κ3) is 1.74. The van der Waals surface area contributed by atoms with Crippen molar-refractivity contribution in [2.45, 2.75) is 16.7 Å². The second-order valence-electron chi connectivity index (χ2n) is 3.30. The molecule has 1 aliphatic carbocycles. The van der Waals surface area contributed by atoms with Crippen LogP contribution in [0, 0.1) is 0 Å². The molecule has 1 saturated carbocycles. The molecular weight excluding hydrogens is 228 g/mol. The average molecular weight is 237 g/mol. The van der Waals surface area contributed by atoms with E-state index in [1.807, 2.05) is 12.1 Å². The topological polar surface area (TPSA) is 26.0 Å². The Labute approximate surface area is 91.8 Å². The zero-order valence-electron chi connectivity index (χ0n) is 6.73. The van der Waals surface area contributed by atoms with E-state index in [0.29, 0.717) is 10.7 Å². The highest BCUT2D eigenvalue weighted by atomic mass is 35.5. The molecule has 70 valence electrons. The van der Waals surface area contributed by atoms with Crippen LogP contribution in [0.3, 0.4) is 0 Å². The number of rotatable bonds is 1. The Kier molecular flexibility index (Phi) is 2.14. The molecular formula is C9H8Cl3N. The molecule has 2 N–H and O–H groups in total. The van der Waals surface area contributed by atoms with E-state index < -0.39 is 4.33 Å². The minimum atomic E-state index is -0.625. The molecule has 4 heteroatoms. The molecule has 0 aliphatic heterocycles. The van der Waals surface area contributed by atoms with Crippen LogP contribution in [0.25, 0.3) is 0 Å². The molecule has 0 radical (unpaired) electrons. The molecule has 1 atom stereocenters. The molecule has 0 saturated heterocycles. The summed E-state index contributed by atoms with van der Waals surface area (Å²) in [5, 5.41) is 0.646. The summed E-state index contributed by atoms with van der Waals surface area (Å²) < 4.78 is -0.625. The van der Waals surface area contributed by atoms with Crippen molar-refractivity contribution < 1.29 is 0 Å². The van der Waals surface area contributed by atoms with Crippen LogP contribution in [0.4, 0.5) is 5.69 Å². The molecule has 0 aromatic heterocycles. The van der Waals surface area contributed by atoms with E-state index in [2.05, 4.69) is 0 Å². The number of hydrogen-bond acceptors (Lipinski definition) is 1. The standard InChI is InChI=1S/C9H8Cl3N/c10-8-3-5(13)1-2-6(8)7-4-9(7,11)12/h1-3,7H,4,13H2. The van der Waals surface area contributed by atoms with Crippen LogP contribution in [-0.4, -0.2) is 4.33 Å². The van der Waals surface area contributed by atoms with Gasteiger partial charge in [-0.1, -0.05) is 17.7 Å². The highest BCUT2D eigenvalue weighted by molar-refractivity contribution is 6.51. The number of hydrogen-bond donors (Lipinski definition) is 1. The number of halogens is 3. The predicted molar refractivity (Wildman–Crippen MR) is 57.7 cm³/mol. The molecule has 0 bridgehead atoms. The van der Waals surface area contributed by atoms with E-state index in [1.54, 1.807) is 6.07 Å². The van der Waals surface area contributed by atoms with Crippen molar-refractivity contribution >= 4 is 40.5 Å². The predicted octanol–water partition coefficient (Wildman–Crippen LogP) is 3.58. The molecule has 1 aliphatic rings. The number of anilines is 1. The van der Waals surface area contributed by atoms with Crippen molar-refractivity contribution in [2.75, 3.05) is 5.73 Å². The van der Waals surface area contributed by atoms with Crippen molar-refractivity contribution in [1.82, 2.24) is 0 Å². The normalized spacial score (nSPS) is 24.4. The van der Waals surface area contributed by atoms with Crippen LogP contribution in [0.5, 0.6) is 0 Å². The molecule has 2 rings (SSSR count). The van der Waals surface area contributed by atoms with Gasteiger partial charge in [0, 0.05) is 16.6 Å². The van der Waals surface area contributed by atoms with Crippen molar-refractivity contribution in [2.24, 2.45) is 0 Å². The van der Waals surface area contributed by atoms with Crippen molar-refractivity contribution in [3.63, 3.8) is 0 Å². The summed E-state index contributed by atoms with van der Waals surface area (Å²) in [4.78, 5) is 0. The van der Waals surface area contributed by atoms with Crippen LogP contribution >= 0.6 is 34.8 Å². The first-order valence-electron chi connectivity index (χ1n) is 3.93. The van der Waals surface area contributed by atoms with E-state index in [1.165, 1.54) is 0 Å². The Balaban J connectivity index is 2.33. The molecule has 0 heterocycles. The Hall–Kier alpha value is -0.110. The van der Waals surface area contributed by atoms with Gasteiger partial charge in [0.15, 0.2) is 0 Å². The summed E-state index contributed by atoms with van der Waals surface area (Å²) in [7, 11) is 0. The quantitative estimate of drug-likeness (QED) is 0.585. The van der Waals surface area contributed by atoms with Crippen molar-refractivity contribution in [3.8, 4) is 0 Å². The summed E-state index contributed by atoms with van der Waals surface area (Å²) in [6.07, 6.45) is 0.764.